The third kappa shape index (κ3) is 5.43. The van der Waals surface area contributed by atoms with E-state index >= 15 is 0 Å². The number of halogens is 1. The summed E-state index contributed by atoms with van der Waals surface area (Å²) in [5.41, 5.74) is 1.98. The summed E-state index contributed by atoms with van der Waals surface area (Å²) in [4.78, 5) is 24.1. The number of hydrogen-bond acceptors (Lipinski definition) is 4. The highest BCUT2D eigenvalue weighted by molar-refractivity contribution is 6.30. The van der Waals surface area contributed by atoms with Crippen molar-refractivity contribution in [2.45, 2.75) is 6.61 Å². The molecular formula is C22H17ClO4. The van der Waals surface area contributed by atoms with Crippen molar-refractivity contribution < 1.29 is 19.1 Å². The Kier molecular flexibility index (Phi) is 6.23. The molecule has 0 heterocycles. The van der Waals surface area contributed by atoms with Crippen molar-refractivity contribution in [2.75, 3.05) is 6.61 Å². The Balaban J connectivity index is 1.49. The van der Waals surface area contributed by atoms with Crippen molar-refractivity contribution in [3.05, 3.63) is 101 Å². The molecule has 27 heavy (non-hydrogen) atoms. The van der Waals surface area contributed by atoms with E-state index in [2.05, 4.69) is 0 Å². The Morgan fingerprint density at radius 1 is 0.815 bits per heavy atom. The molecule has 0 fully saturated rings. The molecule has 0 unspecified atom stereocenters. The predicted octanol–water partition coefficient (Wildman–Crippen LogP) is 4.69. The molecule has 0 saturated heterocycles. The molecule has 0 aliphatic heterocycles. The molecule has 3 rings (SSSR count). The van der Waals surface area contributed by atoms with Gasteiger partial charge in [0.2, 0.25) is 0 Å². The number of benzene rings is 3. The monoisotopic (exact) mass is 380 g/mol. The maximum atomic E-state index is 12.3. The minimum absolute atomic E-state index is 0.0666. The molecule has 136 valence electrons. The lowest BCUT2D eigenvalue weighted by Crippen LogP contribution is -2.14. The second-order valence-electron chi connectivity index (χ2n) is 5.80. The molecule has 0 aromatic heterocycles. The van der Waals surface area contributed by atoms with E-state index in [1.807, 2.05) is 24.3 Å². The van der Waals surface area contributed by atoms with Gasteiger partial charge in [0.05, 0.1) is 0 Å². The average molecular weight is 381 g/mol. The number of hydrogen-bond donors (Lipinski definition) is 0. The van der Waals surface area contributed by atoms with E-state index in [0.29, 0.717) is 21.9 Å². The molecule has 0 atom stereocenters. The lowest BCUT2D eigenvalue weighted by molar-refractivity contribution is -0.147. The van der Waals surface area contributed by atoms with Crippen molar-refractivity contribution in [3.63, 3.8) is 0 Å². The van der Waals surface area contributed by atoms with Crippen molar-refractivity contribution >= 4 is 23.4 Å². The summed E-state index contributed by atoms with van der Waals surface area (Å²) in [7, 11) is 0. The Hall–Kier alpha value is -3.11. The van der Waals surface area contributed by atoms with Crippen LogP contribution in [-0.4, -0.2) is 18.4 Å². The molecule has 3 aromatic rings. The lowest BCUT2D eigenvalue weighted by Gasteiger charge is -2.08. The molecule has 0 N–H and O–H groups in total. The number of esters is 1. The van der Waals surface area contributed by atoms with Gasteiger partial charge in [-0.25, -0.2) is 4.79 Å². The molecule has 0 radical (unpaired) electrons. The zero-order valence-electron chi connectivity index (χ0n) is 14.4. The van der Waals surface area contributed by atoms with Crippen LogP contribution >= 0.6 is 11.6 Å². The van der Waals surface area contributed by atoms with Gasteiger partial charge in [-0.3, -0.25) is 4.79 Å². The Bertz CT molecular complexity index is 921. The highest BCUT2D eigenvalue weighted by Gasteiger charge is 2.09. The lowest BCUT2D eigenvalue weighted by atomic mass is 10.0. The van der Waals surface area contributed by atoms with Crippen molar-refractivity contribution in [1.82, 2.24) is 0 Å². The maximum Gasteiger partial charge on any atom is 0.344 e. The quantitative estimate of drug-likeness (QED) is 0.440. The van der Waals surface area contributed by atoms with E-state index in [9.17, 15) is 9.59 Å². The van der Waals surface area contributed by atoms with E-state index in [0.717, 1.165) is 5.56 Å². The van der Waals surface area contributed by atoms with E-state index in [-0.39, 0.29) is 19.0 Å². The normalized spacial score (nSPS) is 10.3. The number of ether oxygens (including phenoxy) is 2. The number of rotatable bonds is 7. The Morgan fingerprint density at radius 3 is 2.22 bits per heavy atom. The second-order valence-corrected chi connectivity index (χ2v) is 6.24. The average Bonchev–Trinajstić information content (AvgIpc) is 2.71. The van der Waals surface area contributed by atoms with E-state index in [1.165, 1.54) is 0 Å². The predicted molar refractivity (Wildman–Crippen MR) is 103 cm³/mol. The van der Waals surface area contributed by atoms with Gasteiger partial charge in [0, 0.05) is 16.1 Å². The van der Waals surface area contributed by atoms with Gasteiger partial charge < -0.3 is 9.47 Å². The first kappa shape index (κ1) is 18.7. The largest absolute Gasteiger partial charge is 0.482 e. The van der Waals surface area contributed by atoms with E-state index in [4.69, 9.17) is 21.1 Å². The van der Waals surface area contributed by atoms with Gasteiger partial charge in [0.1, 0.15) is 12.4 Å². The third-order valence-electron chi connectivity index (χ3n) is 3.80. The van der Waals surface area contributed by atoms with Crippen LogP contribution in [0.5, 0.6) is 5.75 Å². The van der Waals surface area contributed by atoms with Gasteiger partial charge in [-0.1, -0.05) is 54.1 Å². The number of ketones is 1. The van der Waals surface area contributed by atoms with Gasteiger partial charge in [-0.05, 0) is 42.0 Å². The standard InChI is InChI=1S/C22H17ClO4/c23-19-8-4-5-16(13-19)14-27-21(24)15-26-20-11-9-18(10-12-20)22(25)17-6-2-1-3-7-17/h1-13H,14-15H2. The van der Waals surface area contributed by atoms with Gasteiger partial charge in [0.25, 0.3) is 0 Å². The van der Waals surface area contributed by atoms with Crippen LogP contribution < -0.4 is 4.74 Å². The number of carbonyl (C=O) groups excluding carboxylic acids is 2. The summed E-state index contributed by atoms with van der Waals surface area (Å²) >= 11 is 5.89. The van der Waals surface area contributed by atoms with Crippen LogP contribution in [0.15, 0.2) is 78.9 Å². The minimum atomic E-state index is -0.487. The van der Waals surface area contributed by atoms with Crippen molar-refractivity contribution in [2.24, 2.45) is 0 Å². The summed E-state index contributed by atoms with van der Waals surface area (Å²) in [5.74, 6) is -0.0678. The highest BCUT2D eigenvalue weighted by atomic mass is 35.5. The molecule has 3 aromatic carbocycles. The molecular weight excluding hydrogens is 364 g/mol. The summed E-state index contributed by atoms with van der Waals surface area (Å²) in [6.45, 7) is -0.0835. The maximum absolute atomic E-state index is 12.3. The zero-order valence-corrected chi connectivity index (χ0v) is 15.2. The molecule has 0 aliphatic rings. The molecule has 4 nitrogen and oxygen atoms in total. The van der Waals surface area contributed by atoms with Crippen LogP contribution in [0.1, 0.15) is 21.5 Å². The fourth-order valence-electron chi connectivity index (χ4n) is 2.43. The fraction of sp³-hybridized carbons (Fsp3) is 0.0909. The minimum Gasteiger partial charge on any atom is -0.482 e. The first-order valence-electron chi connectivity index (χ1n) is 8.34. The number of carbonyl (C=O) groups is 2. The molecule has 0 saturated carbocycles. The molecule has 0 bridgehead atoms. The summed E-state index contributed by atoms with van der Waals surface area (Å²) in [6, 6.07) is 22.8. The third-order valence-corrected chi connectivity index (χ3v) is 4.03. The highest BCUT2D eigenvalue weighted by Crippen LogP contribution is 2.16. The van der Waals surface area contributed by atoms with Gasteiger partial charge >= 0.3 is 5.97 Å². The van der Waals surface area contributed by atoms with Crippen molar-refractivity contribution in [1.29, 1.82) is 0 Å². The van der Waals surface area contributed by atoms with Gasteiger partial charge in [-0.2, -0.15) is 0 Å². The molecule has 5 heteroatoms. The Morgan fingerprint density at radius 2 is 1.52 bits per heavy atom. The molecule has 0 amide bonds. The van der Waals surface area contributed by atoms with E-state index in [1.54, 1.807) is 54.6 Å². The van der Waals surface area contributed by atoms with Crippen LogP contribution in [0, 0.1) is 0 Å². The fourth-order valence-corrected chi connectivity index (χ4v) is 2.65. The smallest absolute Gasteiger partial charge is 0.344 e. The second kappa shape index (κ2) is 9.01. The molecule has 0 aliphatic carbocycles. The van der Waals surface area contributed by atoms with Crippen molar-refractivity contribution in [3.8, 4) is 5.75 Å². The topological polar surface area (TPSA) is 52.6 Å². The summed E-state index contributed by atoms with van der Waals surface area (Å²) < 4.78 is 10.6. The van der Waals surface area contributed by atoms with Crippen LogP contribution in [0.2, 0.25) is 5.02 Å². The van der Waals surface area contributed by atoms with Crippen LogP contribution in [0.3, 0.4) is 0 Å². The van der Waals surface area contributed by atoms with Gasteiger partial charge in [-0.15, -0.1) is 0 Å². The van der Waals surface area contributed by atoms with E-state index < -0.39 is 5.97 Å². The Labute approximate surface area is 162 Å². The first-order chi connectivity index (χ1) is 13.1. The van der Waals surface area contributed by atoms with Crippen LogP contribution in [0.25, 0.3) is 0 Å². The first-order valence-corrected chi connectivity index (χ1v) is 8.72. The SMILES string of the molecule is O=C(COc1ccc(C(=O)c2ccccc2)cc1)OCc1cccc(Cl)c1. The van der Waals surface area contributed by atoms with Crippen LogP contribution in [-0.2, 0) is 16.1 Å². The van der Waals surface area contributed by atoms with Crippen LogP contribution in [0.4, 0.5) is 0 Å². The summed E-state index contributed by atoms with van der Waals surface area (Å²) in [6.07, 6.45) is 0. The molecule has 0 spiro atoms. The zero-order chi connectivity index (χ0) is 19.1. The van der Waals surface area contributed by atoms with Gasteiger partial charge in [0.15, 0.2) is 12.4 Å². The summed E-state index contributed by atoms with van der Waals surface area (Å²) in [5, 5.41) is 0.588.